The predicted molar refractivity (Wildman–Crippen MR) is 78.1 cm³/mol. The van der Waals surface area contributed by atoms with Gasteiger partial charge in [-0.05, 0) is 0 Å². The predicted octanol–water partition coefficient (Wildman–Crippen LogP) is 0.666. The molecule has 8 N–H and O–H groups in total. The van der Waals surface area contributed by atoms with E-state index in [4.69, 9.17) is 41.5 Å². The van der Waals surface area contributed by atoms with Crippen LogP contribution in [0.5, 0.6) is 0 Å². The number of nitrogens with one attached hydrogen (secondary N) is 2. The van der Waals surface area contributed by atoms with Crippen LogP contribution in [0.3, 0.4) is 0 Å². The third-order valence-electron chi connectivity index (χ3n) is 2.50. The van der Waals surface area contributed by atoms with Crippen LogP contribution in [0, 0.1) is 0 Å². The zero-order valence-electron chi connectivity index (χ0n) is 12.6. The van der Waals surface area contributed by atoms with Crippen LogP contribution in [0.15, 0.2) is 0 Å². The first-order chi connectivity index (χ1) is 10.1. The summed E-state index contributed by atoms with van der Waals surface area (Å²) in [6, 6.07) is -0.160. The minimum absolute atomic E-state index is 0. The van der Waals surface area contributed by atoms with Gasteiger partial charge in [0.2, 0.25) is 0 Å². The van der Waals surface area contributed by atoms with Crippen molar-refractivity contribution in [3.8, 4) is 0 Å². The Balaban J connectivity index is -0.000000122. The molecule has 0 aromatic heterocycles. The molecule has 1 fully saturated rings. The summed E-state index contributed by atoms with van der Waals surface area (Å²) in [7, 11) is 0. The molecule has 0 amide bonds. The fraction of sp³-hybridized carbons (Fsp3) is 0.667. The number of hydrogen-bond acceptors (Lipinski definition) is 4. The molecule has 12 heteroatoms. The molecule has 0 saturated heterocycles. The van der Waals surface area contributed by atoms with E-state index in [1.807, 2.05) is 0 Å². The fourth-order valence-electron chi connectivity index (χ4n) is 1.34. The molecule has 0 radical (unpaired) electrons. The summed E-state index contributed by atoms with van der Waals surface area (Å²) < 4.78 is 0. The van der Waals surface area contributed by atoms with Gasteiger partial charge in [-0.2, -0.15) is 12.1 Å². The summed E-state index contributed by atoms with van der Waals surface area (Å²) in [6.07, 6.45) is 3.65. The summed E-state index contributed by atoms with van der Waals surface area (Å²) in [5, 5.41) is 30.6. The van der Waals surface area contributed by atoms with Gasteiger partial charge < -0.3 is 37.4 Å². The van der Waals surface area contributed by atoms with Crippen LogP contribution in [0.25, 0.3) is 11.5 Å². The van der Waals surface area contributed by atoms with Crippen LogP contribution < -0.4 is 0 Å². The van der Waals surface area contributed by atoms with E-state index in [1.54, 1.807) is 0 Å². The fourth-order valence-corrected chi connectivity index (χ4v) is 1.34. The van der Waals surface area contributed by atoms with E-state index in [1.165, 1.54) is 12.8 Å². The maximum absolute atomic E-state index is 9.64. The molecule has 1 saturated carbocycles. The van der Waals surface area contributed by atoms with Crippen molar-refractivity contribution in [2.24, 2.45) is 0 Å². The molecule has 0 aromatic carbocycles. The number of aliphatic carboxylic acids is 4. The largest absolute Gasteiger partial charge is 2.00 e. The van der Waals surface area contributed by atoms with Crippen molar-refractivity contribution in [1.29, 1.82) is 0 Å². The Morgan fingerprint density at radius 1 is 0.750 bits per heavy atom. The summed E-state index contributed by atoms with van der Waals surface area (Å²) in [5.74, 6) is -5.80. The number of carboxylic acid groups (broad SMARTS) is 4. The smallest absolute Gasteiger partial charge is 0.676 e. The van der Waals surface area contributed by atoms with Crippen molar-refractivity contribution in [2.45, 2.75) is 50.6 Å². The minimum atomic E-state index is -1.82. The van der Waals surface area contributed by atoms with E-state index in [0.29, 0.717) is 0 Å². The Morgan fingerprint density at radius 2 is 1.00 bits per heavy atom. The normalized spacial score (nSPS) is 17.9. The van der Waals surface area contributed by atoms with E-state index >= 15 is 0 Å². The molecule has 0 heterocycles. The molecule has 1 rings (SSSR count). The summed E-state index contributed by atoms with van der Waals surface area (Å²) in [5.41, 5.74) is 14.6. The van der Waals surface area contributed by atoms with Crippen molar-refractivity contribution in [2.75, 3.05) is 0 Å². The molecule has 2 atom stereocenters. The van der Waals surface area contributed by atoms with Crippen LogP contribution in [-0.4, -0.2) is 61.9 Å². The maximum atomic E-state index is 9.64. The second-order valence-corrected chi connectivity index (χ2v) is 4.40. The van der Waals surface area contributed by atoms with Crippen LogP contribution in [0.1, 0.15) is 38.5 Å². The third kappa shape index (κ3) is 22.7. The van der Waals surface area contributed by atoms with Crippen LogP contribution in [0.4, 0.5) is 0 Å². The third-order valence-corrected chi connectivity index (χ3v) is 2.50. The van der Waals surface area contributed by atoms with Crippen molar-refractivity contribution in [3.05, 3.63) is 11.5 Å². The van der Waals surface area contributed by atoms with Crippen LogP contribution >= 0.6 is 0 Å². The molecule has 0 unspecified atom stereocenters. The Labute approximate surface area is 152 Å². The number of carboxylic acids is 4. The van der Waals surface area contributed by atoms with Gasteiger partial charge in [0.1, 0.15) is 0 Å². The molecule has 1 aliphatic rings. The SMILES string of the molecule is O.O=C(O)C(=O)O.O=C(O)CCC(=O)O.[NH-][C@@H]1CCCC[C@H]1[NH-].[Pt+2]. The zero-order valence-corrected chi connectivity index (χ0v) is 14.9. The molecule has 1 aliphatic carbocycles. The van der Waals surface area contributed by atoms with Gasteiger partial charge in [0.05, 0.1) is 12.8 Å². The minimum Gasteiger partial charge on any atom is -0.676 e. The van der Waals surface area contributed by atoms with Gasteiger partial charge in [-0.15, -0.1) is 0 Å². The summed E-state index contributed by atoms with van der Waals surface area (Å²) in [4.78, 5) is 37.5. The molecule has 24 heavy (non-hydrogen) atoms. The van der Waals surface area contributed by atoms with Gasteiger partial charge in [0.25, 0.3) is 0 Å². The number of carbonyl (C=O) groups is 4. The molecule has 0 bridgehead atoms. The number of hydrogen-bond donors (Lipinski definition) is 4. The summed E-state index contributed by atoms with van der Waals surface area (Å²) in [6.45, 7) is 0. The molecule has 0 aliphatic heterocycles. The average Bonchev–Trinajstić information content (AvgIpc) is 2.41. The Kier molecular flexibility index (Phi) is 22.5. The molecule has 144 valence electrons. The van der Waals surface area contributed by atoms with Crippen molar-refractivity contribution in [1.82, 2.24) is 0 Å². The summed E-state index contributed by atoms with van der Waals surface area (Å²) >= 11 is 0. The second kappa shape index (κ2) is 17.8. The van der Waals surface area contributed by atoms with Crippen molar-refractivity contribution >= 4 is 23.9 Å². The van der Waals surface area contributed by atoms with Gasteiger partial charge in [0, 0.05) is 0 Å². The molecule has 11 nitrogen and oxygen atoms in total. The monoisotopic (exact) mass is 533 g/mol. The van der Waals surface area contributed by atoms with Gasteiger partial charge in [-0.25, -0.2) is 9.59 Å². The first kappa shape index (κ1) is 30.3. The number of rotatable bonds is 3. The van der Waals surface area contributed by atoms with Crippen molar-refractivity contribution < 1.29 is 66.1 Å². The van der Waals surface area contributed by atoms with Gasteiger partial charge in [0.15, 0.2) is 0 Å². The van der Waals surface area contributed by atoms with E-state index in [-0.39, 0.29) is 51.5 Å². The van der Waals surface area contributed by atoms with Crippen LogP contribution in [-0.2, 0) is 40.2 Å². The molecule has 0 aromatic rings. The molecular weight excluding hydrogens is 511 g/mol. The van der Waals surface area contributed by atoms with Crippen molar-refractivity contribution in [3.63, 3.8) is 0 Å². The van der Waals surface area contributed by atoms with Gasteiger partial charge in [-0.1, -0.05) is 25.7 Å². The van der Waals surface area contributed by atoms with E-state index < -0.39 is 23.9 Å². The molecule has 0 spiro atoms. The Morgan fingerprint density at radius 3 is 1.12 bits per heavy atom. The second-order valence-electron chi connectivity index (χ2n) is 4.40. The van der Waals surface area contributed by atoms with Gasteiger partial charge >= 0.3 is 44.9 Å². The first-order valence-electron chi connectivity index (χ1n) is 6.40. The topological polar surface area (TPSA) is 228 Å². The zero-order chi connectivity index (χ0) is 17.7. The standard InChI is InChI=1S/C6H12N2.C4H6O4.C2H2O4.H2O.Pt/c7-5-3-1-2-4-6(5)8;5-3(6)1-2-4(7)8;3-1(4)2(5)6;;/h5-8H,1-4H2;1-2H2,(H,5,6)(H,7,8);(H,3,4)(H,5,6);1H2;/q-2;;;;+2/t5-,6-;;;;/m1..../s1. The maximum Gasteiger partial charge on any atom is 2.00 e. The average molecular weight is 533 g/mol. The Hall–Kier alpha value is -1.55. The quantitative estimate of drug-likeness (QED) is 0.376. The van der Waals surface area contributed by atoms with Crippen LogP contribution in [0.2, 0.25) is 0 Å². The van der Waals surface area contributed by atoms with Gasteiger partial charge in [-0.3, -0.25) is 9.59 Å². The Bertz CT molecular complexity index is 357. The van der Waals surface area contributed by atoms with E-state index in [9.17, 15) is 9.59 Å². The molecular formula is C12H22N2O9Pt. The first-order valence-corrected chi connectivity index (χ1v) is 6.40. The van der Waals surface area contributed by atoms with E-state index in [0.717, 1.165) is 12.8 Å². The van der Waals surface area contributed by atoms with E-state index in [2.05, 4.69) is 0 Å².